The molecule has 0 N–H and O–H groups in total. The summed E-state index contributed by atoms with van der Waals surface area (Å²) in [5, 5.41) is 0.787. The summed E-state index contributed by atoms with van der Waals surface area (Å²) < 4.78 is 47.6. The normalized spacial score (nSPS) is 11.2. The third-order valence-corrected chi connectivity index (χ3v) is 7.56. The minimum Gasteiger partial charge on any atom is -0.422 e. The molecule has 0 bridgehead atoms. The van der Waals surface area contributed by atoms with Gasteiger partial charge >= 0.3 is 5.97 Å². The highest BCUT2D eigenvalue weighted by Crippen LogP contribution is 2.37. The molecule has 6 nitrogen and oxygen atoms in total. The average molecular weight is 526 g/mol. The van der Waals surface area contributed by atoms with Crippen LogP contribution in [0.1, 0.15) is 20.7 Å². The molecule has 0 spiro atoms. The van der Waals surface area contributed by atoms with Gasteiger partial charge in [-0.1, -0.05) is 60.7 Å². The van der Waals surface area contributed by atoms with E-state index in [2.05, 4.69) is 0 Å². The van der Waals surface area contributed by atoms with Crippen molar-refractivity contribution in [2.45, 2.75) is 4.90 Å². The minimum absolute atomic E-state index is 0.0540. The number of fused-ring (bicyclic) bond motifs is 1. The van der Waals surface area contributed by atoms with Crippen molar-refractivity contribution in [1.82, 2.24) is 0 Å². The number of benzene rings is 5. The quantitative estimate of drug-likeness (QED) is 0.194. The number of nitrogens with zero attached hydrogens (tertiary/aromatic N) is 1. The predicted molar refractivity (Wildman–Crippen MR) is 142 cm³/mol. The number of halogens is 1. The molecule has 5 aromatic rings. The smallest absolute Gasteiger partial charge is 0.343 e. The molecule has 0 aliphatic rings. The highest BCUT2D eigenvalue weighted by molar-refractivity contribution is 7.93. The molecule has 0 aliphatic carbocycles. The van der Waals surface area contributed by atoms with Crippen LogP contribution in [0, 0.1) is 5.82 Å². The molecule has 0 saturated carbocycles. The van der Waals surface area contributed by atoms with E-state index in [1.807, 2.05) is 0 Å². The van der Waals surface area contributed by atoms with E-state index in [9.17, 15) is 22.4 Å². The van der Waals surface area contributed by atoms with E-state index >= 15 is 0 Å². The van der Waals surface area contributed by atoms with Gasteiger partial charge in [0.25, 0.3) is 15.9 Å². The molecule has 0 fully saturated rings. The Hall–Kier alpha value is -4.82. The van der Waals surface area contributed by atoms with Crippen molar-refractivity contribution in [1.29, 1.82) is 0 Å². The van der Waals surface area contributed by atoms with Crippen LogP contribution >= 0.6 is 0 Å². The maximum Gasteiger partial charge on any atom is 0.343 e. The largest absolute Gasteiger partial charge is 0.422 e. The van der Waals surface area contributed by atoms with E-state index in [0.717, 1.165) is 24.3 Å². The minimum atomic E-state index is -4.48. The van der Waals surface area contributed by atoms with Crippen LogP contribution < -0.4 is 9.04 Å². The van der Waals surface area contributed by atoms with Gasteiger partial charge in [-0.3, -0.25) is 4.79 Å². The molecule has 0 aliphatic heterocycles. The summed E-state index contributed by atoms with van der Waals surface area (Å²) in [5.74, 6) is -1.79. The summed E-state index contributed by atoms with van der Waals surface area (Å²) in [6, 6.07) is 30.2. The second-order valence-corrected chi connectivity index (χ2v) is 10.1. The Morgan fingerprint density at radius 1 is 0.632 bits per heavy atom. The summed E-state index contributed by atoms with van der Waals surface area (Å²) in [5.41, 5.74) is 0.542. The first-order valence-corrected chi connectivity index (χ1v) is 13.0. The third-order valence-electron chi connectivity index (χ3n) is 5.85. The van der Waals surface area contributed by atoms with Crippen LogP contribution in [0.2, 0.25) is 0 Å². The van der Waals surface area contributed by atoms with E-state index in [1.54, 1.807) is 72.8 Å². The monoisotopic (exact) mass is 525 g/mol. The van der Waals surface area contributed by atoms with Crippen LogP contribution in [0.4, 0.5) is 10.1 Å². The van der Waals surface area contributed by atoms with Crippen LogP contribution in [0.25, 0.3) is 10.8 Å². The number of amides is 1. The molecule has 5 aromatic carbocycles. The van der Waals surface area contributed by atoms with Crippen molar-refractivity contribution in [2.24, 2.45) is 0 Å². The number of rotatable bonds is 6. The van der Waals surface area contributed by atoms with Gasteiger partial charge in [0.15, 0.2) is 0 Å². The molecule has 0 radical (unpaired) electrons. The first-order chi connectivity index (χ1) is 18.4. The number of hydrogen-bond donors (Lipinski definition) is 0. The highest BCUT2D eigenvalue weighted by Gasteiger charge is 2.33. The zero-order valence-corrected chi connectivity index (χ0v) is 20.6. The number of anilines is 1. The second-order valence-electron chi connectivity index (χ2n) is 8.28. The van der Waals surface area contributed by atoms with Crippen LogP contribution in [0.15, 0.2) is 126 Å². The molecule has 0 saturated heterocycles. The molecule has 38 heavy (non-hydrogen) atoms. The van der Waals surface area contributed by atoms with Crippen molar-refractivity contribution in [3.63, 3.8) is 0 Å². The van der Waals surface area contributed by atoms with Crippen LogP contribution in [0.3, 0.4) is 0 Å². The van der Waals surface area contributed by atoms with Crippen LogP contribution in [-0.2, 0) is 10.0 Å². The fourth-order valence-corrected chi connectivity index (χ4v) is 5.45. The maximum absolute atomic E-state index is 13.8. The summed E-state index contributed by atoms with van der Waals surface area (Å²) in [6.07, 6.45) is 0. The van der Waals surface area contributed by atoms with E-state index in [1.165, 1.54) is 24.3 Å². The highest BCUT2D eigenvalue weighted by atomic mass is 32.2. The fraction of sp³-hybridized carbons (Fsp3) is 0. The number of carbonyl (C=O) groups is 2. The maximum atomic E-state index is 13.8. The Balaban J connectivity index is 1.67. The van der Waals surface area contributed by atoms with Gasteiger partial charge in [-0.15, -0.1) is 0 Å². The topological polar surface area (TPSA) is 80.8 Å². The predicted octanol–water partition coefficient (Wildman–Crippen LogP) is 6.23. The van der Waals surface area contributed by atoms with Crippen molar-refractivity contribution in [3.8, 4) is 5.75 Å². The third kappa shape index (κ3) is 4.77. The van der Waals surface area contributed by atoms with Crippen molar-refractivity contribution in [2.75, 3.05) is 4.31 Å². The van der Waals surface area contributed by atoms with E-state index < -0.39 is 27.7 Å². The Kier molecular flexibility index (Phi) is 6.72. The Morgan fingerprint density at radius 3 is 1.82 bits per heavy atom. The summed E-state index contributed by atoms with van der Waals surface area (Å²) in [4.78, 5) is 26.2. The molecule has 1 amide bonds. The lowest BCUT2D eigenvalue weighted by Gasteiger charge is -2.25. The van der Waals surface area contributed by atoms with Crippen molar-refractivity contribution >= 4 is 38.4 Å². The summed E-state index contributed by atoms with van der Waals surface area (Å²) in [7, 11) is -4.48. The van der Waals surface area contributed by atoms with Gasteiger partial charge < -0.3 is 4.74 Å². The molecular formula is C30H20FNO5S. The molecular weight excluding hydrogens is 505 g/mol. The summed E-state index contributed by atoms with van der Waals surface area (Å²) in [6.45, 7) is 0. The van der Waals surface area contributed by atoms with Gasteiger partial charge in [0.05, 0.1) is 16.1 Å². The first kappa shape index (κ1) is 24.9. The number of ether oxygens (including phenoxy) is 1. The Bertz CT molecular complexity index is 1740. The Labute approximate surface area is 218 Å². The zero-order valence-electron chi connectivity index (χ0n) is 19.8. The second kappa shape index (κ2) is 10.3. The van der Waals surface area contributed by atoms with Gasteiger partial charge in [-0.05, 0) is 60.7 Å². The zero-order chi connectivity index (χ0) is 26.7. The standard InChI is InChI=1S/C30H20FNO5S/c31-23-15-17-24(18-16-23)38(35,36)32(29(33)21-9-3-1-4-10-21)27-19-20-28(26-14-8-7-13-25(26)27)37-30(34)22-11-5-2-6-12-22/h1-20H. The molecule has 8 heteroatoms. The molecule has 5 rings (SSSR count). The summed E-state index contributed by atoms with van der Waals surface area (Å²) >= 11 is 0. The number of esters is 1. The van der Waals surface area contributed by atoms with Gasteiger partial charge in [-0.25, -0.2) is 17.6 Å². The number of carbonyl (C=O) groups excluding carboxylic acids is 2. The van der Waals surface area contributed by atoms with Gasteiger partial charge in [0.2, 0.25) is 0 Å². The molecule has 0 aromatic heterocycles. The van der Waals surface area contributed by atoms with Crippen molar-refractivity contribution in [3.05, 3.63) is 138 Å². The number of sulfonamides is 1. The molecule has 0 atom stereocenters. The Morgan fingerprint density at radius 2 is 1.18 bits per heavy atom. The van der Waals surface area contributed by atoms with Gasteiger partial charge in [0, 0.05) is 16.3 Å². The first-order valence-electron chi connectivity index (χ1n) is 11.6. The lowest BCUT2D eigenvalue weighted by Crippen LogP contribution is -2.37. The molecule has 0 unspecified atom stereocenters. The van der Waals surface area contributed by atoms with Crippen LogP contribution in [0.5, 0.6) is 5.75 Å². The fourth-order valence-electron chi connectivity index (χ4n) is 4.01. The van der Waals surface area contributed by atoms with E-state index in [-0.39, 0.29) is 21.9 Å². The lowest BCUT2D eigenvalue weighted by atomic mass is 10.1. The lowest BCUT2D eigenvalue weighted by molar-refractivity contribution is 0.0736. The van der Waals surface area contributed by atoms with Gasteiger partial charge in [-0.2, -0.15) is 4.31 Å². The van der Waals surface area contributed by atoms with Gasteiger partial charge in [0.1, 0.15) is 11.6 Å². The van der Waals surface area contributed by atoms with Crippen molar-refractivity contribution < 1.29 is 27.1 Å². The van der Waals surface area contributed by atoms with E-state index in [4.69, 9.17) is 4.74 Å². The SMILES string of the molecule is O=C(Oc1ccc(N(C(=O)c2ccccc2)S(=O)(=O)c2ccc(F)cc2)c2ccccc12)c1ccccc1. The van der Waals surface area contributed by atoms with E-state index in [0.29, 0.717) is 20.6 Å². The average Bonchev–Trinajstić information content (AvgIpc) is 2.95. The van der Waals surface area contributed by atoms with Crippen LogP contribution in [-0.4, -0.2) is 20.3 Å². The number of hydrogen-bond acceptors (Lipinski definition) is 5. The molecule has 0 heterocycles. The molecule has 188 valence electrons.